The first kappa shape index (κ1) is 16.4. The van der Waals surface area contributed by atoms with Gasteiger partial charge < -0.3 is 4.74 Å². The predicted octanol–water partition coefficient (Wildman–Crippen LogP) is 2.96. The normalized spacial score (nSPS) is 11.5. The highest BCUT2D eigenvalue weighted by Crippen LogP contribution is 2.26. The molecule has 0 bridgehead atoms. The maximum atomic E-state index is 11.8. The van der Waals surface area contributed by atoms with Crippen molar-refractivity contribution in [1.29, 1.82) is 5.26 Å². The molecule has 0 radical (unpaired) electrons. The molecule has 0 N–H and O–H groups in total. The van der Waals surface area contributed by atoms with Gasteiger partial charge in [-0.15, -0.1) is 0 Å². The van der Waals surface area contributed by atoms with E-state index in [1.165, 1.54) is 6.33 Å². The van der Waals surface area contributed by atoms with Gasteiger partial charge >= 0.3 is 5.97 Å². The molecule has 0 fully saturated rings. The number of hydrogen-bond acceptors (Lipinski definition) is 5. The number of hydrogen-bond donors (Lipinski definition) is 0. The van der Waals surface area contributed by atoms with Crippen molar-refractivity contribution in [2.24, 2.45) is 0 Å². The van der Waals surface area contributed by atoms with E-state index in [1.807, 2.05) is 24.3 Å². The van der Waals surface area contributed by atoms with Crippen LogP contribution in [0.15, 0.2) is 61.2 Å². The summed E-state index contributed by atoms with van der Waals surface area (Å²) in [5, 5.41) is 13.2. The van der Waals surface area contributed by atoms with Crippen LogP contribution >= 0.6 is 0 Å². The Hall–Kier alpha value is -3.46. The molecule has 0 aliphatic carbocycles. The summed E-state index contributed by atoms with van der Waals surface area (Å²) in [6.07, 6.45) is 3.12. The number of ether oxygens (including phenoxy) is 1. The number of esters is 1. The van der Waals surface area contributed by atoms with Crippen LogP contribution in [0.1, 0.15) is 40.0 Å². The minimum Gasteiger partial charge on any atom is -0.462 e. The fraction of sp³-hybridized carbons (Fsp3) is 0.158. The van der Waals surface area contributed by atoms with Gasteiger partial charge in [0.25, 0.3) is 0 Å². The first-order valence-corrected chi connectivity index (χ1v) is 7.84. The summed E-state index contributed by atoms with van der Waals surface area (Å²) in [6.45, 7) is 2.12. The van der Waals surface area contributed by atoms with Crippen molar-refractivity contribution in [3.05, 3.63) is 83.4 Å². The maximum absolute atomic E-state index is 11.8. The van der Waals surface area contributed by atoms with Crippen molar-refractivity contribution < 1.29 is 9.53 Å². The standard InChI is InChI=1S/C19H16N4O2/c1-2-25-19(24)17-9-7-16(8-10-17)18(23-13-21-12-22-23)15-5-3-14(11-20)4-6-15/h3-10,12-13,18H,2H2,1H3. The van der Waals surface area contributed by atoms with Crippen molar-refractivity contribution in [3.8, 4) is 6.07 Å². The minimum atomic E-state index is -0.343. The van der Waals surface area contributed by atoms with Gasteiger partial charge in [0.05, 0.1) is 23.8 Å². The summed E-state index contributed by atoms with van der Waals surface area (Å²) in [4.78, 5) is 15.8. The second-order valence-electron chi connectivity index (χ2n) is 5.35. The Labute approximate surface area is 145 Å². The number of carbonyl (C=O) groups excluding carboxylic acids is 1. The molecular weight excluding hydrogens is 316 g/mol. The van der Waals surface area contributed by atoms with Gasteiger partial charge in [0, 0.05) is 0 Å². The summed E-state index contributed by atoms with van der Waals surface area (Å²) in [7, 11) is 0. The highest BCUT2D eigenvalue weighted by molar-refractivity contribution is 5.89. The number of nitriles is 1. The molecule has 0 aliphatic heterocycles. The van der Waals surface area contributed by atoms with Crippen LogP contribution < -0.4 is 0 Å². The van der Waals surface area contributed by atoms with Crippen molar-refractivity contribution in [3.63, 3.8) is 0 Å². The quantitative estimate of drug-likeness (QED) is 0.671. The van der Waals surface area contributed by atoms with Gasteiger partial charge in [0.1, 0.15) is 18.7 Å². The van der Waals surface area contributed by atoms with E-state index >= 15 is 0 Å². The van der Waals surface area contributed by atoms with Gasteiger partial charge in [0.15, 0.2) is 0 Å². The van der Waals surface area contributed by atoms with Gasteiger partial charge in [-0.2, -0.15) is 10.4 Å². The Morgan fingerprint density at radius 1 is 1.16 bits per heavy atom. The average Bonchev–Trinajstić information content (AvgIpc) is 3.17. The molecule has 1 atom stereocenters. The Balaban J connectivity index is 1.98. The van der Waals surface area contributed by atoms with E-state index in [4.69, 9.17) is 10.00 Å². The first-order chi connectivity index (χ1) is 12.2. The van der Waals surface area contributed by atoms with Crippen LogP contribution in [0.3, 0.4) is 0 Å². The number of nitrogens with zero attached hydrogens (tertiary/aromatic N) is 4. The topological polar surface area (TPSA) is 80.8 Å². The lowest BCUT2D eigenvalue weighted by atomic mass is 9.97. The van der Waals surface area contributed by atoms with E-state index in [1.54, 1.807) is 42.2 Å². The van der Waals surface area contributed by atoms with Crippen LogP contribution in [0, 0.1) is 11.3 Å². The summed E-state index contributed by atoms with van der Waals surface area (Å²) < 4.78 is 6.75. The Kier molecular flexibility index (Phi) is 4.86. The second-order valence-corrected chi connectivity index (χ2v) is 5.35. The molecule has 1 heterocycles. The van der Waals surface area contributed by atoms with Crippen molar-refractivity contribution >= 4 is 5.97 Å². The molecular formula is C19H16N4O2. The molecule has 0 saturated carbocycles. The predicted molar refractivity (Wildman–Crippen MR) is 90.8 cm³/mol. The zero-order chi connectivity index (χ0) is 17.6. The molecule has 0 spiro atoms. The Bertz CT molecular complexity index is 879. The van der Waals surface area contributed by atoms with E-state index in [0.717, 1.165) is 11.1 Å². The summed E-state index contributed by atoms with van der Waals surface area (Å²) >= 11 is 0. The van der Waals surface area contributed by atoms with Crippen LogP contribution in [0.2, 0.25) is 0 Å². The van der Waals surface area contributed by atoms with Gasteiger partial charge in [-0.1, -0.05) is 24.3 Å². The third-order valence-electron chi connectivity index (χ3n) is 3.79. The van der Waals surface area contributed by atoms with E-state index in [0.29, 0.717) is 17.7 Å². The molecule has 0 aliphatic rings. The number of benzene rings is 2. The lowest BCUT2D eigenvalue weighted by molar-refractivity contribution is 0.0526. The number of aromatic nitrogens is 3. The maximum Gasteiger partial charge on any atom is 0.338 e. The molecule has 0 amide bonds. The molecule has 2 aromatic carbocycles. The Morgan fingerprint density at radius 3 is 2.32 bits per heavy atom. The highest BCUT2D eigenvalue weighted by Gasteiger charge is 2.18. The molecule has 1 unspecified atom stereocenters. The van der Waals surface area contributed by atoms with Crippen molar-refractivity contribution in [2.75, 3.05) is 6.61 Å². The van der Waals surface area contributed by atoms with Crippen LogP contribution in [0.5, 0.6) is 0 Å². The molecule has 3 rings (SSSR count). The molecule has 3 aromatic rings. The van der Waals surface area contributed by atoms with Crippen LogP contribution in [0.25, 0.3) is 0 Å². The fourth-order valence-electron chi connectivity index (χ4n) is 2.60. The smallest absolute Gasteiger partial charge is 0.338 e. The SMILES string of the molecule is CCOC(=O)c1ccc(C(c2ccc(C#N)cc2)n2cncn2)cc1. The van der Waals surface area contributed by atoms with Crippen molar-refractivity contribution in [1.82, 2.24) is 14.8 Å². The van der Waals surface area contributed by atoms with E-state index in [2.05, 4.69) is 16.2 Å². The zero-order valence-electron chi connectivity index (χ0n) is 13.7. The summed E-state index contributed by atoms with van der Waals surface area (Å²) in [5.74, 6) is -0.343. The monoisotopic (exact) mass is 332 g/mol. The third kappa shape index (κ3) is 3.56. The zero-order valence-corrected chi connectivity index (χ0v) is 13.7. The molecule has 25 heavy (non-hydrogen) atoms. The largest absolute Gasteiger partial charge is 0.462 e. The second kappa shape index (κ2) is 7.41. The average molecular weight is 332 g/mol. The van der Waals surface area contributed by atoms with E-state index in [-0.39, 0.29) is 12.0 Å². The lowest BCUT2D eigenvalue weighted by Crippen LogP contribution is -2.13. The van der Waals surface area contributed by atoms with Crippen LogP contribution in [-0.4, -0.2) is 27.3 Å². The number of carbonyl (C=O) groups is 1. The molecule has 0 saturated heterocycles. The minimum absolute atomic E-state index is 0.202. The molecule has 6 nitrogen and oxygen atoms in total. The number of rotatable bonds is 5. The molecule has 1 aromatic heterocycles. The summed E-state index contributed by atoms with van der Waals surface area (Å²) in [5.41, 5.74) is 3.01. The summed E-state index contributed by atoms with van der Waals surface area (Å²) in [6, 6.07) is 16.5. The molecule has 124 valence electrons. The third-order valence-corrected chi connectivity index (χ3v) is 3.79. The van der Waals surface area contributed by atoms with Crippen LogP contribution in [-0.2, 0) is 4.74 Å². The first-order valence-electron chi connectivity index (χ1n) is 7.84. The van der Waals surface area contributed by atoms with Crippen molar-refractivity contribution in [2.45, 2.75) is 13.0 Å². The van der Waals surface area contributed by atoms with Gasteiger partial charge in [0.2, 0.25) is 0 Å². The lowest BCUT2D eigenvalue weighted by Gasteiger charge is -2.18. The molecule has 6 heteroatoms. The Morgan fingerprint density at radius 2 is 1.80 bits per heavy atom. The highest BCUT2D eigenvalue weighted by atomic mass is 16.5. The van der Waals surface area contributed by atoms with Gasteiger partial charge in [-0.25, -0.2) is 14.5 Å². The van der Waals surface area contributed by atoms with E-state index < -0.39 is 0 Å². The van der Waals surface area contributed by atoms with Gasteiger partial charge in [-0.05, 0) is 42.3 Å². The van der Waals surface area contributed by atoms with Crippen LogP contribution in [0.4, 0.5) is 0 Å². The van der Waals surface area contributed by atoms with Gasteiger partial charge in [-0.3, -0.25) is 0 Å². The van der Waals surface area contributed by atoms with E-state index in [9.17, 15) is 4.79 Å². The fourth-order valence-corrected chi connectivity index (χ4v) is 2.60.